The molecule has 2 rings (SSSR count). The Kier molecular flexibility index (Phi) is 3.69. The lowest BCUT2D eigenvalue weighted by Gasteiger charge is -2.24. The van der Waals surface area contributed by atoms with E-state index in [9.17, 15) is 4.79 Å². The molecule has 5 nitrogen and oxygen atoms in total. The van der Waals surface area contributed by atoms with Gasteiger partial charge in [-0.15, -0.1) is 0 Å². The van der Waals surface area contributed by atoms with Crippen molar-refractivity contribution in [1.29, 1.82) is 0 Å². The Morgan fingerprint density at radius 2 is 2.33 bits per heavy atom. The number of nitrogen functional groups attached to an aromatic ring is 1. The maximum Gasteiger partial charge on any atom is 0.341 e. The Morgan fingerprint density at radius 1 is 1.61 bits per heavy atom. The molecule has 0 radical (unpaired) electrons. The van der Waals surface area contributed by atoms with Gasteiger partial charge in [-0.2, -0.15) is 0 Å². The van der Waals surface area contributed by atoms with Crippen LogP contribution in [0.5, 0.6) is 0 Å². The number of hydrogen-bond donors (Lipinski definition) is 1. The Bertz CT molecular complexity index is 444. The van der Waals surface area contributed by atoms with Gasteiger partial charge in [-0.25, -0.2) is 9.78 Å². The van der Waals surface area contributed by atoms with Crippen LogP contribution in [0, 0.1) is 0 Å². The van der Waals surface area contributed by atoms with Crippen molar-refractivity contribution in [3.8, 4) is 0 Å². The van der Waals surface area contributed by atoms with Gasteiger partial charge in [0.1, 0.15) is 11.4 Å². The fourth-order valence-electron chi connectivity index (χ4n) is 2.05. The van der Waals surface area contributed by atoms with Crippen LogP contribution < -0.4 is 10.6 Å². The van der Waals surface area contributed by atoms with Crippen LogP contribution in [0.1, 0.15) is 36.5 Å². The monoisotopic (exact) mass is 249 g/mol. The Morgan fingerprint density at radius 3 is 2.89 bits per heavy atom. The van der Waals surface area contributed by atoms with Gasteiger partial charge in [0.15, 0.2) is 0 Å². The van der Waals surface area contributed by atoms with E-state index in [1.807, 2.05) is 0 Å². The Hall–Kier alpha value is -1.78. The third kappa shape index (κ3) is 2.55. The summed E-state index contributed by atoms with van der Waals surface area (Å²) >= 11 is 0. The lowest BCUT2D eigenvalue weighted by atomic mass is 10.2. The number of carbonyl (C=O) groups is 1. The molecule has 1 saturated carbocycles. The van der Waals surface area contributed by atoms with E-state index in [4.69, 9.17) is 10.5 Å². The van der Waals surface area contributed by atoms with Crippen molar-refractivity contribution in [1.82, 2.24) is 4.98 Å². The molecular formula is C13H19N3O2. The number of hydrogen-bond acceptors (Lipinski definition) is 5. The van der Waals surface area contributed by atoms with E-state index in [0.29, 0.717) is 23.1 Å². The SMILES string of the molecule is CCCN(c1ncc(N)cc1C(=O)OC)C1CC1. The molecule has 98 valence electrons. The van der Waals surface area contributed by atoms with Gasteiger partial charge < -0.3 is 15.4 Å². The van der Waals surface area contributed by atoms with E-state index >= 15 is 0 Å². The first-order valence-electron chi connectivity index (χ1n) is 6.27. The number of pyridine rings is 1. The van der Waals surface area contributed by atoms with Crippen LogP contribution in [0.25, 0.3) is 0 Å². The molecule has 0 unspecified atom stereocenters. The van der Waals surface area contributed by atoms with Crippen molar-refractivity contribution >= 4 is 17.5 Å². The largest absolute Gasteiger partial charge is 0.465 e. The fourth-order valence-corrected chi connectivity index (χ4v) is 2.05. The van der Waals surface area contributed by atoms with E-state index in [1.54, 1.807) is 12.3 Å². The molecule has 2 N–H and O–H groups in total. The van der Waals surface area contributed by atoms with E-state index < -0.39 is 0 Å². The van der Waals surface area contributed by atoms with Gasteiger partial charge >= 0.3 is 5.97 Å². The number of anilines is 2. The molecule has 0 aromatic carbocycles. The lowest BCUT2D eigenvalue weighted by Crippen LogP contribution is -2.29. The molecule has 1 aromatic heterocycles. The van der Waals surface area contributed by atoms with Crippen LogP contribution in [-0.4, -0.2) is 30.6 Å². The summed E-state index contributed by atoms with van der Waals surface area (Å²) in [5, 5.41) is 0. The second kappa shape index (κ2) is 5.25. The summed E-state index contributed by atoms with van der Waals surface area (Å²) in [4.78, 5) is 18.3. The standard InChI is InChI=1S/C13H19N3O2/c1-3-6-16(10-4-5-10)12-11(13(17)18-2)7-9(14)8-15-12/h7-8,10H,3-6,14H2,1-2H3. The maximum atomic E-state index is 11.8. The highest BCUT2D eigenvalue weighted by atomic mass is 16.5. The first-order chi connectivity index (χ1) is 8.67. The predicted octanol–water partition coefficient (Wildman–Crippen LogP) is 1.83. The number of esters is 1. The van der Waals surface area contributed by atoms with Gasteiger partial charge in [0.25, 0.3) is 0 Å². The minimum absolute atomic E-state index is 0.383. The van der Waals surface area contributed by atoms with Crippen molar-refractivity contribution in [2.75, 3.05) is 24.3 Å². The molecule has 0 aliphatic heterocycles. The number of aromatic nitrogens is 1. The smallest absolute Gasteiger partial charge is 0.341 e. The number of carbonyl (C=O) groups excluding carboxylic acids is 1. The number of rotatable bonds is 5. The first kappa shape index (κ1) is 12.7. The average molecular weight is 249 g/mol. The Balaban J connectivity index is 2.37. The van der Waals surface area contributed by atoms with E-state index in [-0.39, 0.29) is 5.97 Å². The molecule has 0 atom stereocenters. The van der Waals surface area contributed by atoms with Crippen LogP contribution in [0.15, 0.2) is 12.3 Å². The summed E-state index contributed by atoms with van der Waals surface area (Å²) < 4.78 is 4.80. The third-order valence-electron chi connectivity index (χ3n) is 3.02. The quantitative estimate of drug-likeness (QED) is 0.806. The summed E-state index contributed by atoms with van der Waals surface area (Å²) in [6, 6.07) is 2.14. The molecular weight excluding hydrogens is 230 g/mol. The van der Waals surface area contributed by atoms with Crippen LogP contribution in [0.4, 0.5) is 11.5 Å². The summed E-state index contributed by atoms with van der Waals surface area (Å²) in [5.74, 6) is 0.312. The summed E-state index contributed by atoms with van der Waals surface area (Å²) in [6.07, 6.45) is 4.93. The van der Waals surface area contributed by atoms with Crippen molar-refractivity contribution in [2.24, 2.45) is 0 Å². The third-order valence-corrected chi connectivity index (χ3v) is 3.02. The molecule has 1 aliphatic rings. The minimum atomic E-state index is -0.383. The summed E-state index contributed by atoms with van der Waals surface area (Å²) in [6.45, 7) is 3.01. The van der Waals surface area contributed by atoms with Gasteiger partial charge in [-0.05, 0) is 25.3 Å². The molecule has 0 bridgehead atoms. The van der Waals surface area contributed by atoms with Crippen molar-refractivity contribution in [3.05, 3.63) is 17.8 Å². The highest BCUT2D eigenvalue weighted by Gasteiger charge is 2.32. The second-order valence-corrected chi connectivity index (χ2v) is 4.56. The zero-order chi connectivity index (χ0) is 13.1. The first-order valence-corrected chi connectivity index (χ1v) is 6.27. The number of methoxy groups -OCH3 is 1. The zero-order valence-corrected chi connectivity index (χ0v) is 10.8. The topological polar surface area (TPSA) is 68.5 Å². The average Bonchev–Trinajstić information content (AvgIpc) is 3.19. The molecule has 0 amide bonds. The van der Waals surface area contributed by atoms with Gasteiger partial charge in [0, 0.05) is 12.6 Å². The fraction of sp³-hybridized carbons (Fsp3) is 0.538. The number of nitrogens with two attached hydrogens (primary N) is 1. The summed E-state index contributed by atoms with van der Waals surface area (Å²) in [5.41, 5.74) is 6.63. The van der Waals surface area contributed by atoms with Crippen molar-refractivity contribution in [3.63, 3.8) is 0 Å². The number of ether oxygens (including phenoxy) is 1. The molecule has 0 saturated heterocycles. The second-order valence-electron chi connectivity index (χ2n) is 4.56. The molecule has 1 heterocycles. The summed E-state index contributed by atoms with van der Waals surface area (Å²) in [7, 11) is 1.37. The molecule has 1 aliphatic carbocycles. The van der Waals surface area contributed by atoms with Crippen molar-refractivity contribution in [2.45, 2.75) is 32.2 Å². The van der Waals surface area contributed by atoms with Crippen LogP contribution in [0.3, 0.4) is 0 Å². The normalized spacial score (nSPS) is 14.3. The van der Waals surface area contributed by atoms with Crippen LogP contribution in [0.2, 0.25) is 0 Å². The molecule has 1 fully saturated rings. The van der Waals surface area contributed by atoms with Gasteiger partial charge in [0.2, 0.25) is 0 Å². The molecule has 18 heavy (non-hydrogen) atoms. The molecule has 5 heteroatoms. The maximum absolute atomic E-state index is 11.8. The molecule has 0 spiro atoms. The highest BCUT2D eigenvalue weighted by Crippen LogP contribution is 2.33. The van der Waals surface area contributed by atoms with Crippen molar-refractivity contribution < 1.29 is 9.53 Å². The van der Waals surface area contributed by atoms with Crippen LogP contribution in [-0.2, 0) is 4.74 Å². The number of nitrogens with zero attached hydrogens (tertiary/aromatic N) is 2. The lowest BCUT2D eigenvalue weighted by molar-refractivity contribution is 0.0601. The van der Waals surface area contributed by atoms with Gasteiger partial charge in [-0.3, -0.25) is 0 Å². The van der Waals surface area contributed by atoms with E-state index in [2.05, 4.69) is 16.8 Å². The minimum Gasteiger partial charge on any atom is -0.465 e. The molecule has 1 aromatic rings. The predicted molar refractivity (Wildman–Crippen MR) is 70.6 cm³/mol. The van der Waals surface area contributed by atoms with E-state index in [1.165, 1.54) is 7.11 Å². The van der Waals surface area contributed by atoms with Crippen LogP contribution >= 0.6 is 0 Å². The Labute approximate surface area is 107 Å². The van der Waals surface area contributed by atoms with E-state index in [0.717, 1.165) is 25.8 Å². The zero-order valence-electron chi connectivity index (χ0n) is 10.8. The van der Waals surface area contributed by atoms with Gasteiger partial charge in [0.05, 0.1) is 19.0 Å². The van der Waals surface area contributed by atoms with Gasteiger partial charge in [-0.1, -0.05) is 6.92 Å². The highest BCUT2D eigenvalue weighted by molar-refractivity contribution is 5.95.